The quantitative estimate of drug-likeness (QED) is 0.426. The summed E-state index contributed by atoms with van der Waals surface area (Å²) in [4.78, 5) is 13.4. The third-order valence-corrected chi connectivity index (χ3v) is 4.31. The number of benzene rings is 3. The van der Waals surface area contributed by atoms with E-state index in [1.54, 1.807) is 12.1 Å². The van der Waals surface area contributed by atoms with Crippen molar-refractivity contribution in [2.24, 2.45) is 0 Å². The minimum atomic E-state index is -0.532. The van der Waals surface area contributed by atoms with Crippen molar-refractivity contribution in [3.05, 3.63) is 73.3 Å². The number of ether oxygens (including phenoxy) is 1. The molecule has 0 radical (unpaired) electrons. The van der Waals surface area contributed by atoms with Gasteiger partial charge in [-0.25, -0.2) is 4.79 Å². The van der Waals surface area contributed by atoms with Gasteiger partial charge in [-0.15, -0.1) is 0 Å². The van der Waals surface area contributed by atoms with Gasteiger partial charge in [0.05, 0.1) is 4.90 Å². The lowest BCUT2D eigenvalue weighted by molar-refractivity contribution is -0.129. The van der Waals surface area contributed by atoms with Crippen molar-refractivity contribution in [1.29, 1.82) is 0 Å². The van der Waals surface area contributed by atoms with Crippen molar-refractivity contribution in [2.45, 2.75) is 9.79 Å². The highest BCUT2D eigenvalue weighted by Crippen LogP contribution is 2.43. The van der Waals surface area contributed by atoms with Crippen LogP contribution in [0.2, 0.25) is 0 Å². The number of phenolic OH excluding ortho intramolecular Hbond substituents is 1. The van der Waals surface area contributed by atoms with Crippen LogP contribution in [0.4, 0.5) is 0 Å². The lowest BCUT2D eigenvalue weighted by Crippen LogP contribution is -2.04. The number of carbonyl (C=O) groups is 1. The van der Waals surface area contributed by atoms with Gasteiger partial charge in [-0.2, -0.15) is 0 Å². The van der Waals surface area contributed by atoms with E-state index in [0.717, 1.165) is 11.0 Å². The van der Waals surface area contributed by atoms with Gasteiger partial charge in [-0.1, -0.05) is 60.8 Å². The minimum Gasteiger partial charge on any atom is -0.507 e. The van der Waals surface area contributed by atoms with Gasteiger partial charge in [0.15, 0.2) is 5.75 Å². The van der Waals surface area contributed by atoms with Gasteiger partial charge in [-0.3, -0.25) is 0 Å². The Hall–Kier alpha value is -2.72. The molecule has 0 heterocycles. The van der Waals surface area contributed by atoms with Gasteiger partial charge >= 0.3 is 5.97 Å². The van der Waals surface area contributed by atoms with Crippen LogP contribution >= 0.6 is 11.8 Å². The maximum Gasteiger partial charge on any atom is 0.335 e. The average Bonchev–Trinajstić information content (AvgIpc) is 2.59. The van der Waals surface area contributed by atoms with Crippen LogP contribution in [0.15, 0.2) is 83.1 Å². The fourth-order valence-electron chi connectivity index (χ4n) is 2.24. The van der Waals surface area contributed by atoms with Gasteiger partial charge in [-0.05, 0) is 18.2 Å². The SMILES string of the molecule is C=CC(=O)Oc1c(Sc2ccccc2)cc(O)c2ccccc12. The lowest BCUT2D eigenvalue weighted by atomic mass is 10.1. The number of aromatic hydroxyl groups is 1. The maximum absolute atomic E-state index is 11.7. The monoisotopic (exact) mass is 322 g/mol. The van der Waals surface area contributed by atoms with Crippen molar-refractivity contribution in [2.75, 3.05) is 0 Å². The van der Waals surface area contributed by atoms with Crippen molar-refractivity contribution < 1.29 is 14.6 Å². The lowest BCUT2D eigenvalue weighted by Gasteiger charge is -2.13. The van der Waals surface area contributed by atoms with Gasteiger partial charge in [0.1, 0.15) is 5.75 Å². The summed E-state index contributed by atoms with van der Waals surface area (Å²) in [5, 5.41) is 11.6. The smallest absolute Gasteiger partial charge is 0.335 e. The predicted octanol–water partition coefficient (Wildman–Crippen LogP) is 4.79. The minimum absolute atomic E-state index is 0.150. The normalized spacial score (nSPS) is 10.4. The molecular formula is C19H14O3S. The first-order chi connectivity index (χ1) is 11.2. The molecule has 3 nitrogen and oxygen atoms in total. The number of esters is 1. The molecule has 23 heavy (non-hydrogen) atoms. The van der Waals surface area contributed by atoms with Crippen LogP contribution in [0.5, 0.6) is 11.5 Å². The maximum atomic E-state index is 11.7. The standard InChI is InChI=1S/C19H14O3S/c1-2-18(21)22-19-15-11-7-6-10-14(15)16(20)12-17(19)23-13-8-4-3-5-9-13/h2-12,20H,1H2. The second-order valence-corrected chi connectivity index (χ2v) is 5.92. The summed E-state index contributed by atoms with van der Waals surface area (Å²) in [5.74, 6) is 0.0466. The molecule has 0 saturated heterocycles. The van der Waals surface area contributed by atoms with E-state index in [0.29, 0.717) is 21.4 Å². The van der Waals surface area contributed by atoms with Crippen molar-refractivity contribution in [3.8, 4) is 11.5 Å². The molecule has 1 N–H and O–H groups in total. The van der Waals surface area contributed by atoms with Crippen LogP contribution in [0.25, 0.3) is 10.8 Å². The first kappa shape index (κ1) is 15.2. The van der Waals surface area contributed by atoms with E-state index < -0.39 is 5.97 Å². The molecule has 0 fully saturated rings. The second-order valence-electron chi connectivity index (χ2n) is 4.81. The van der Waals surface area contributed by atoms with E-state index in [1.807, 2.05) is 48.5 Å². The molecule has 0 aliphatic rings. The average molecular weight is 322 g/mol. The Bertz CT molecular complexity index is 872. The fraction of sp³-hybridized carbons (Fsp3) is 0. The van der Waals surface area contributed by atoms with Crippen LogP contribution in [0, 0.1) is 0 Å². The summed E-state index contributed by atoms with van der Waals surface area (Å²) in [6.45, 7) is 3.44. The van der Waals surface area contributed by atoms with Gasteiger partial charge < -0.3 is 9.84 Å². The molecule has 0 aromatic heterocycles. The van der Waals surface area contributed by atoms with E-state index in [9.17, 15) is 9.90 Å². The molecule has 3 aromatic carbocycles. The molecule has 0 atom stereocenters. The molecule has 0 saturated carbocycles. The summed E-state index contributed by atoms with van der Waals surface area (Å²) < 4.78 is 5.45. The van der Waals surface area contributed by atoms with Crippen LogP contribution < -0.4 is 4.74 Å². The highest BCUT2D eigenvalue weighted by atomic mass is 32.2. The van der Waals surface area contributed by atoms with Gasteiger partial charge in [0, 0.05) is 21.7 Å². The first-order valence-corrected chi connectivity index (χ1v) is 7.82. The molecule has 0 aliphatic carbocycles. The third kappa shape index (κ3) is 3.22. The molecule has 114 valence electrons. The van der Waals surface area contributed by atoms with Crippen molar-refractivity contribution in [3.63, 3.8) is 0 Å². The molecule has 0 bridgehead atoms. The van der Waals surface area contributed by atoms with E-state index in [-0.39, 0.29) is 5.75 Å². The Morgan fingerprint density at radius 3 is 2.39 bits per heavy atom. The zero-order valence-electron chi connectivity index (χ0n) is 12.2. The largest absolute Gasteiger partial charge is 0.507 e. The van der Waals surface area contributed by atoms with Crippen LogP contribution in [-0.2, 0) is 4.79 Å². The topological polar surface area (TPSA) is 46.5 Å². The van der Waals surface area contributed by atoms with Gasteiger partial charge in [0.2, 0.25) is 0 Å². The Labute approximate surface area is 138 Å². The van der Waals surface area contributed by atoms with Crippen molar-refractivity contribution >= 4 is 28.5 Å². The number of rotatable bonds is 4. The molecule has 4 heteroatoms. The summed E-state index contributed by atoms with van der Waals surface area (Å²) in [6.07, 6.45) is 1.12. The Morgan fingerprint density at radius 1 is 1.04 bits per heavy atom. The van der Waals surface area contributed by atoms with Crippen LogP contribution in [0.3, 0.4) is 0 Å². The van der Waals surface area contributed by atoms with Crippen molar-refractivity contribution in [1.82, 2.24) is 0 Å². The number of hydrogen-bond donors (Lipinski definition) is 1. The zero-order chi connectivity index (χ0) is 16.2. The summed E-state index contributed by atoms with van der Waals surface area (Å²) in [6, 6.07) is 18.6. The van der Waals surface area contributed by atoms with E-state index in [2.05, 4.69) is 6.58 Å². The zero-order valence-corrected chi connectivity index (χ0v) is 13.0. The summed E-state index contributed by atoms with van der Waals surface area (Å²) in [5.41, 5.74) is 0. The molecule has 3 rings (SSSR count). The molecule has 0 aliphatic heterocycles. The second kappa shape index (κ2) is 6.58. The molecular weight excluding hydrogens is 308 g/mol. The molecule has 0 amide bonds. The number of carbonyl (C=O) groups excluding carboxylic acids is 1. The first-order valence-electron chi connectivity index (χ1n) is 7.01. The number of hydrogen-bond acceptors (Lipinski definition) is 4. The Morgan fingerprint density at radius 2 is 1.70 bits per heavy atom. The summed E-state index contributed by atoms with van der Waals surface area (Å²) >= 11 is 1.42. The molecule has 3 aromatic rings. The third-order valence-electron chi connectivity index (χ3n) is 3.28. The van der Waals surface area contributed by atoms with E-state index >= 15 is 0 Å². The van der Waals surface area contributed by atoms with E-state index in [1.165, 1.54) is 11.8 Å². The number of phenols is 1. The van der Waals surface area contributed by atoms with Crippen LogP contribution in [0.1, 0.15) is 0 Å². The number of fused-ring (bicyclic) bond motifs is 1. The Balaban J connectivity index is 2.16. The van der Waals surface area contributed by atoms with Gasteiger partial charge in [0.25, 0.3) is 0 Å². The van der Waals surface area contributed by atoms with Crippen LogP contribution in [-0.4, -0.2) is 11.1 Å². The Kier molecular flexibility index (Phi) is 4.35. The fourth-order valence-corrected chi connectivity index (χ4v) is 3.21. The molecule has 0 unspecified atom stereocenters. The molecule has 0 spiro atoms. The van der Waals surface area contributed by atoms with E-state index in [4.69, 9.17) is 4.74 Å². The highest BCUT2D eigenvalue weighted by molar-refractivity contribution is 7.99. The highest BCUT2D eigenvalue weighted by Gasteiger charge is 2.16. The summed E-state index contributed by atoms with van der Waals surface area (Å²) in [7, 11) is 0. The predicted molar refractivity (Wildman–Crippen MR) is 92.0 cm³/mol.